The molecule has 0 saturated carbocycles. The Balaban J connectivity index is 2.67. The van der Waals surface area contributed by atoms with Gasteiger partial charge in [0, 0.05) is 31.0 Å². The normalized spacial score (nSPS) is 11.9. The maximum atomic E-state index is 11.8. The predicted octanol–water partition coefficient (Wildman–Crippen LogP) is 1.62. The SMILES string of the molecule is CC(CCl)C(=O)N(C)Cc1ccc(C(N)=O)cc1. The summed E-state index contributed by atoms with van der Waals surface area (Å²) in [6.07, 6.45) is 0. The number of carbonyl (C=O) groups excluding carboxylic acids is 2. The van der Waals surface area contributed by atoms with Crippen molar-refractivity contribution in [2.45, 2.75) is 13.5 Å². The second kappa shape index (κ2) is 6.40. The summed E-state index contributed by atoms with van der Waals surface area (Å²) in [4.78, 5) is 24.4. The van der Waals surface area contributed by atoms with Crippen molar-refractivity contribution in [3.8, 4) is 0 Å². The summed E-state index contributed by atoms with van der Waals surface area (Å²) in [5.74, 6) is -0.337. The summed E-state index contributed by atoms with van der Waals surface area (Å²) < 4.78 is 0. The predicted molar refractivity (Wildman–Crippen MR) is 71.3 cm³/mol. The molecule has 0 spiro atoms. The first kappa shape index (κ1) is 14.5. The van der Waals surface area contributed by atoms with Crippen molar-refractivity contribution < 1.29 is 9.59 Å². The van der Waals surface area contributed by atoms with Crippen LogP contribution in [0.4, 0.5) is 0 Å². The van der Waals surface area contributed by atoms with Crippen LogP contribution in [0.5, 0.6) is 0 Å². The zero-order valence-corrected chi connectivity index (χ0v) is 11.3. The van der Waals surface area contributed by atoms with Gasteiger partial charge in [-0.2, -0.15) is 0 Å². The van der Waals surface area contributed by atoms with Crippen LogP contribution in [0.3, 0.4) is 0 Å². The molecule has 0 aliphatic heterocycles. The molecule has 98 valence electrons. The lowest BCUT2D eigenvalue weighted by Crippen LogP contribution is -2.31. The van der Waals surface area contributed by atoms with E-state index in [4.69, 9.17) is 17.3 Å². The van der Waals surface area contributed by atoms with Gasteiger partial charge in [-0.25, -0.2) is 0 Å². The maximum absolute atomic E-state index is 11.8. The molecule has 4 nitrogen and oxygen atoms in total. The number of rotatable bonds is 5. The van der Waals surface area contributed by atoms with E-state index in [2.05, 4.69) is 0 Å². The highest BCUT2D eigenvalue weighted by Crippen LogP contribution is 2.09. The largest absolute Gasteiger partial charge is 0.366 e. The minimum Gasteiger partial charge on any atom is -0.366 e. The van der Waals surface area contributed by atoms with E-state index in [0.717, 1.165) is 5.56 Å². The molecule has 0 aromatic heterocycles. The minimum absolute atomic E-state index is 0.00368. The number of carbonyl (C=O) groups is 2. The molecule has 5 heteroatoms. The quantitative estimate of drug-likeness (QED) is 0.825. The monoisotopic (exact) mass is 268 g/mol. The molecule has 1 aromatic rings. The fourth-order valence-corrected chi connectivity index (χ4v) is 1.70. The van der Waals surface area contributed by atoms with Gasteiger partial charge in [0.25, 0.3) is 0 Å². The fraction of sp³-hybridized carbons (Fsp3) is 0.385. The number of alkyl halides is 1. The third kappa shape index (κ3) is 3.74. The van der Waals surface area contributed by atoms with Gasteiger partial charge in [-0.1, -0.05) is 19.1 Å². The summed E-state index contributed by atoms with van der Waals surface area (Å²) in [7, 11) is 1.73. The van der Waals surface area contributed by atoms with E-state index in [0.29, 0.717) is 18.0 Å². The van der Waals surface area contributed by atoms with E-state index in [1.165, 1.54) is 0 Å². The van der Waals surface area contributed by atoms with Gasteiger partial charge in [-0.3, -0.25) is 9.59 Å². The Morgan fingerprint density at radius 1 is 1.33 bits per heavy atom. The summed E-state index contributed by atoms with van der Waals surface area (Å²) in [5, 5.41) is 0. The molecule has 0 bridgehead atoms. The van der Waals surface area contributed by atoms with Crippen LogP contribution in [0.2, 0.25) is 0 Å². The number of nitrogens with zero attached hydrogens (tertiary/aromatic N) is 1. The highest BCUT2D eigenvalue weighted by atomic mass is 35.5. The van der Waals surface area contributed by atoms with Crippen molar-refractivity contribution in [3.05, 3.63) is 35.4 Å². The summed E-state index contributed by atoms with van der Waals surface area (Å²) in [5.41, 5.74) is 6.56. The Hall–Kier alpha value is -1.55. The van der Waals surface area contributed by atoms with Crippen molar-refractivity contribution in [1.82, 2.24) is 4.90 Å². The van der Waals surface area contributed by atoms with Gasteiger partial charge in [-0.05, 0) is 17.7 Å². The van der Waals surface area contributed by atoms with E-state index in [-0.39, 0.29) is 11.8 Å². The highest BCUT2D eigenvalue weighted by molar-refractivity contribution is 6.19. The molecule has 2 amide bonds. The number of halogens is 1. The second-order valence-electron chi connectivity index (χ2n) is 4.31. The van der Waals surface area contributed by atoms with Crippen LogP contribution in [-0.2, 0) is 11.3 Å². The van der Waals surface area contributed by atoms with Crippen LogP contribution in [-0.4, -0.2) is 29.6 Å². The Bertz CT molecular complexity index is 431. The van der Waals surface area contributed by atoms with Crippen LogP contribution in [0.1, 0.15) is 22.8 Å². The Morgan fingerprint density at radius 2 is 1.89 bits per heavy atom. The number of primary amides is 1. The third-order valence-electron chi connectivity index (χ3n) is 2.69. The zero-order valence-electron chi connectivity index (χ0n) is 10.5. The number of hydrogen-bond donors (Lipinski definition) is 1. The van der Waals surface area contributed by atoms with E-state index in [1.807, 2.05) is 0 Å². The van der Waals surface area contributed by atoms with E-state index in [9.17, 15) is 9.59 Å². The molecule has 0 saturated heterocycles. The van der Waals surface area contributed by atoms with Gasteiger partial charge in [0.05, 0.1) is 0 Å². The molecule has 2 N–H and O–H groups in total. The number of nitrogens with two attached hydrogens (primary N) is 1. The Labute approximate surface area is 112 Å². The molecule has 18 heavy (non-hydrogen) atoms. The Morgan fingerprint density at radius 3 is 2.33 bits per heavy atom. The number of benzene rings is 1. The molecular formula is C13H17ClN2O2. The molecule has 0 aliphatic rings. The summed E-state index contributed by atoms with van der Waals surface area (Å²) in [6.45, 7) is 2.28. The molecule has 0 aliphatic carbocycles. The molecule has 0 radical (unpaired) electrons. The Kier molecular flexibility index (Phi) is 5.16. The molecule has 0 heterocycles. The van der Waals surface area contributed by atoms with Crippen molar-refractivity contribution >= 4 is 23.4 Å². The second-order valence-corrected chi connectivity index (χ2v) is 4.62. The molecule has 1 atom stereocenters. The fourth-order valence-electron chi connectivity index (χ4n) is 1.57. The lowest BCUT2D eigenvalue weighted by Gasteiger charge is -2.20. The smallest absolute Gasteiger partial charge is 0.248 e. The molecule has 1 aromatic carbocycles. The van der Waals surface area contributed by atoms with Crippen LogP contribution in [0, 0.1) is 5.92 Å². The van der Waals surface area contributed by atoms with Gasteiger partial charge in [0.1, 0.15) is 0 Å². The lowest BCUT2D eigenvalue weighted by atomic mass is 10.1. The third-order valence-corrected chi connectivity index (χ3v) is 3.15. The zero-order chi connectivity index (χ0) is 13.7. The van der Waals surface area contributed by atoms with Crippen LogP contribution < -0.4 is 5.73 Å². The maximum Gasteiger partial charge on any atom is 0.248 e. The topological polar surface area (TPSA) is 63.4 Å². The summed E-state index contributed by atoms with van der Waals surface area (Å²) in [6, 6.07) is 6.88. The van der Waals surface area contributed by atoms with Crippen molar-refractivity contribution in [3.63, 3.8) is 0 Å². The summed E-state index contributed by atoms with van der Waals surface area (Å²) >= 11 is 5.65. The molecule has 1 unspecified atom stereocenters. The van der Waals surface area contributed by atoms with Crippen LogP contribution in [0.15, 0.2) is 24.3 Å². The van der Waals surface area contributed by atoms with Crippen LogP contribution in [0.25, 0.3) is 0 Å². The highest BCUT2D eigenvalue weighted by Gasteiger charge is 2.16. The molecular weight excluding hydrogens is 252 g/mol. The average molecular weight is 269 g/mol. The number of amides is 2. The van der Waals surface area contributed by atoms with E-state index in [1.54, 1.807) is 43.1 Å². The molecule has 0 fully saturated rings. The minimum atomic E-state index is -0.457. The van der Waals surface area contributed by atoms with Gasteiger partial charge < -0.3 is 10.6 Å². The van der Waals surface area contributed by atoms with Crippen LogP contribution >= 0.6 is 11.6 Å². The lowest BCUT2D eigenvalue weighted by molar-refractivity contribution is -0.133. The van der Waals surface area contributed by atoms with Gasteiger partial charge in [-0.15, -0.1) is 11.6 Å². The first-order valence-corrected chi connectivity index (χ1v) is 6.18. The number of hydrogen-bond acceptors (Lipinski definition) is 2. The van der Waals surface area contributed by atoms with Gasteiger partial charge in [0.15, 0.2) is 0 Å². The van der Waals surface area contributed by atoms with Crippen molar-refractivity contribution in [1.29, 1.82) is 0 Å². The standard InChI is InChI=1S/C13H17ClN2O2/c1-9(7-14)13(18)16(2)8-10-3-5-11(6-4-10)12(15)17/h3-6,9H,7-8H2,1-2H3,(H2,15,17). The van der Waals surface area contributed by atoms with Crippen molar-refractivity contribution in [2.24, 2.45) is 11.7 Å². The van der Waals surface area contributed by atoms with Gasteiger partial charge >= 0.3 is 0 Å². The molecule has 1 rings (SSSR count). The first-order valence-electron chi connectivity index (χ1n) is 5.65. The van der Waals surface area contributed by atoms with Crippen molar-refractivity contribution in [2.75, 3.05) is 12.9 Å². The van der Waals surface area contributed by atoms with Gasteiger partial charge in [0.2, 0.25) is 11.8 Å². The van der Waals surface area contributed by atoms with E-state index >= 15 is 0 Å². The van der Waals surface area contributed by atoms with E-state index < -0.39 is 5.91 Å². The first-order chi connectivity index (χ1) is 8.45. The average Bonchev–Trinajstić information content (AvgIpc) is 2.37.